The normalized spacial score (nSPS) is 18.2. The smallest absolute Gasteiger partial charge is 0.257 e. The zero-order chi connectivity index (χ0) is 22.2. The number of fused-ring (bicyclic) bond motifs is 1. The maximum Gasteiger partial charge on any atom is 0.257 e. The van der Waals surface area contributed by atoms with Crippen molar-refractivity contribution in [1.29, 1.82) is 0 Å². The number of amides is 1. The van der Waals surface area contributed by atoms with Crippen molar-refractivity contribution < 1.29 is 13.2 Å². The lowest BCUT2D eigenvalue weighted by Crippen LogP contribution is -2.37. The topological polar surface area (TPSA) is 82.6 Å². The number of aromatic nitrogens is 1. The van der Waals surface area contributed by atoms with Gasteiger partial charge in [0, 0.05) is 49.1 Å². The number of carbonyl (C=O) groups is 1. The quantitative estimate of drug-likeness (QED) is 0.673. The van der Waals surface area contributed by atoms with Crippen LogP contribution in [0.1, 0.15) is 54.5 Å². The van der Waals surface area contributed by atoms with Crippen LogP contribution in [0.4, 0.5) is 5.13 Å². The van der Waals surface area contributed by atoms with Crippen LogP contribution in [0.15, 0.2) is 29.2 Å². The minimum Gasteiger partial charge on any atom is -0.298 e. The Kier molecular flexibility index (Phi) is 7.98. The summed E-state index contributed by atoms with van der Waals surface area (Å²) < 4.78 is 27.3. The zero-order valence-electron chi connectivity index (χ0n) is 18.7. The summed E-state index contributed by atoms with van der Waals surface area (Å²) in [6, 6.07) is 6.67. The van der Waals surface area contributed by atoms with Crippen LogP contribution in [-0.2, 0) is 23.0 Å². The number of halogens is 1. The third kappa shape index (κ3) is 5.34. The molecule has 32 heavy (non-hydrogen) atoms. The van der Waals surface area contributed by atoms with E-state index in [2.05, 4.69) is 36.0 Å². The van der Waals surface area contributed by atoms with Gasteiger partial charge in [0.05, 0.1) is 10.6 Å². The number of hydrogen-bond acceptors (Lipinski definition) is 6. The van der Waals surface area contributed by atoms with Gasteiger partial charge in [-0.25, -0.2) is 13.4 Å². The number of anilines is 1. The van der Waals surface area contributed by atoms with Gasteiger partial charge in [-0.1, -0.05) is 6.92 Å². The van der Waals surface area contributed by atoms with E-state index in [9.17, 15) is 13.2 Å². The molecule has 1 N–H and O–H groups in total. The lowest BCUT2D eigenvalue weighted by Gasteiger charge is -2.29. The highest BCUT2D eigenvalue weighted by Crippen LogP contribution is 2.29. The summed E-state index contributed by atoms with van der Waals surface area (Å²) in [5.41, 5.74) is 1.48. The minimum absolute atomic E-state index is 0. The fraction of sp³-hybridized carbons (Fsp3) is 0.545. The summed E-state index contributed by atoms with van der Waals surface area (Å²) in [4.78, 5) is 21.1. The standard InChI is InChI=1S/C22H30N4O3S2.ClH/c1-15(2)25-11-10-19-20(14-25)30-22(23-19)24-21(27)17-4-6-18(7-5-17)31(28,29)26-12-8-16(3)9-13-26;/h4-7,15-16H,8-14H2,1-3H3,(H,23,24,27);1H. The summed E-state index contributed by atoms with van der Waals surface area (Å²) in [5, 5.41) is 3.47. The van der Waals surface area contributed by atoms with Gasteiger partial charge in [-0.05, 0) is 56.9 Å². The maximum absolute atomic E-state index is 12.9. The highest BCUT2D eigenvalue weighted by Gasteiger charge is 2.28. The Balaban J connectivity index is 0.00000289. The van der Waals surface area contributed by atoms with Crippen LogP contribution in [0.3, 0.4) is 0 Å². The zero-order valence-corrected chi connectivity index (χ0v) is 21.2. The summed E-state index contributed by atoms with van der Waals surface area (Å²) in [7, 11) is -3.51. The first-order valence-electron chi connectivity index (χ1n) is 10.9. The van der Waals surface area contributed by atoms with E-state index >= 15 is 0 Å². The predicted molar refractivity (Wildman–Crippen MR) is 130 cm³/mol. The number of piperidine rings is 1. The Morgan fingerprint density at radius 1 is 1.16 bits per heavy atom. The molecule has 1 aromatic heterocycles. The van der Waals surface area contributed by atoms with Crippen molar-refractivity contribution in [1.82, 2.24) is 14.2 Å². The van der Waals surface area contributed by atoms with E-state index in [0.717, 1.165) is 38.0 Å². The number of carbonyl (C=O) groups excluding carboxylic acids is 1. The number of benzene rings is 1. The maximum atomic E-state index is 12.9. The molecule has 0 atom stereocenters. The van der Waals surface area contributed by atoms with Gasteiger partial charge < -0.3 is 0 Å². The van der Waals surface area contributed by atoms with Crippen LogP contribution in [0, 0.1) is 5.92 Å². The molecular formula is C22H31ClN4O3S2. The van der Waals surface area contributed by atoms with Gasteiger partial charge in [0.25, 0.3) is 5.91 Å². The number of nitrogens with zero attached hydrogens (tertiary/aromatic N) is 3. The third-order valence-corrected chi connectivity index (χ3v) is 9.12. The molecule has 1 aromatic carbocycles. The van der Waals surface area contributed by atoms with Crippen molar-refractivity contribution in [3.63, 3.8) is 0 Å². The molecule has 176 valence electrons. The Bertz CT molecular complexity index is 1050. The van der Waals surface area contributed by atoms with Gasteiger partial charge in [-0.15, -0.1) is 23.7 Å². The van der Waals surface area contributed by atoms with E-state index in [0.29, 0.717) is 35.7 Å². The van der Waals surface area contributed by atoms with Gasteiger partial charge in [0.1, 0.15) is 0 Å². The van der Waals surface area contributed by atoms with Gasteiger partial charge in [0.2, 0.25) is 10.0 Å². The molecule has 0 aliphatic carbocycles. The molecule has 3 heterocycles. The monoisotopic (exact) mass is 498 g/mol. The molecule has 0 saturated carbocycles. The fourth-order valence-electron chi connectivity index (χ4n) is 4.03. The van der Waals surface area contributed by atoms with Crippen molar-refractivity contribution in [3.8, 4) is 0 Å². The fourth-order valence-corrected chi connectivity index (χ4v) is 6.53. The lowest BCUT2D eigenvalue weighted by molar-refractivity contribution is 0.102. The van der Waals surface area contributed by atoms with E-state index < -0.39 is 10.0 Å². The van der Waals surface area contributed by atoms with Crippen molar-refractivity contribution in [2.24, 2.45) is 5.92 Å². The molecule has 7 nitrogen and oxygen atoms in total. The van der Waals surface area contributed by atoms with E-state index in [1.165, 1.54) is 28.3 Å². The minimum atomic E-state index is -3.51. The van der Waals surface area contributed by atoms with Crippen LogP contribution in [0.25, 0.3) is 0 Å². The van der Waals surface area contributed by atoms with Crippen LogP contribution < -0.4 is 5.32 Å². The van der Waals surface area contributed by atoms with E-state index in [1.54, 1.807) is 16.4 Å². The molecule has 0 spiro atoms. The largest absolute Gasteiger partial charge is 0.298 e. The number of sulfonamides is 1. The van der Waals surface area contributed by atoms with E-state index in [1.807, 2.05) is 0 Å². The summed E-state index contributed by atoms with van der Waals surface area (Å²) in [5.74, 6) is 0.282. The first kappa shape index (κ1) is 25.1. The van der Waals surface area contributed by atoms with Crippen molar-refractivity contribution in [2.75, 3.05) is 25.0 Å². The van der Waals surface area contributed by atoms with Crippen molar-refractivity contribution in [2.45, 2.75) is 57.5 Å². The predicted octanol–water partition coefficient (Wildman–Crippen LogP) is 4.00. The van der Waals surface area contributed by atoms with Gasteiger partial charge in [-0.3, -0.25) is 15.0 Å². The SMILES string of the molecule is CC1CCN(S(=O)(=O)c2ccc(C(=O)Nc3nc4c(s3)CN(C(C)C)CC4)cc2)CC1.Cl. The summed E-state index contributed by atoms with van der Waals surface area (Å²) in [6.45, 7) is 9.46. The Hall–Kier alpha value is -1.52. The van der Waals surface area contributed by atoms with E-state index in [-0.39, 0.29) is 23.2 Å². The number of thiazole rings is 1. The Morgan fingerprint density at radius 3 is 2.44 bits per heavy atom. The molecule has 4 rings (SSSR count). The third-order valence-electron chi connectivity index (χ3n) is 6.21. The molecule has 1 amide bonds. The number of rotatable bonds is 5. The molecule has 2 aromatic rings. The molecule has 1 saturated heterocycles. The number of nitrogens with one attached hydrogen (secondary N) is 1. The Labute approximate surface area is 200 Å². The second-order valence-electron chi connectivity index (χ2n) is 8.77. The van der Waals surface area contributed by atoms with Crippen molar-refractivity contribution >= 4 is 44.8 Å². The van der Waals surface area contributed by atoms with Crippen LogP contribution in [0.5, 0.6) is 0 Å². The first-order valence-corrected chi connectivity index (χ1v) is 13.1. The molecular weight excluding hydrogens is 468 g/mol. The van der Waals surface area contributed by atoms with E-state index in [4.69, 9.17) is 0 Å². The molecule has 2 aliphatic heterocycles. The molecule has 2 aliphatic rings. The molecule has 1 fully saturated rings. The van der Waals surface area contributed by atoms with Crippen LogP contribution >= 0.6 is 23.7 Å². The van der Waals surface area contributed by atoms with Gasteiger partial charge in [-0.2, -0.15) is 4.31 Å². The van der Waals surface area contributed by atoms with Crippen LogP contribution in [-0.4, -0.2) is 54.2 Å². The average molecular weight is 499 g/mol. The highest BCUT2D eigenvalue weighted by molar-refractivity contribution is 7.89. The van der Waals surface area contributed by atoms with Crippen LogP contribution in [0.2, 0.25) is 0 Å². The summed E-state index contributed by atoms with van der Waals surface area (Å²) >= 11 is 1.52. The van der Waals surface area contributed by atoms with Gasteiger partial charge in [0.15, 0.2) is 5.13 Å². The molecule has 0 unspecified atom stereocenters. The second kappa shape index (κ2) is 10.2. The average Bonchev–Trinajstić information content (AvgIpc) is 3.15. The summed E-state index contributed by atoms with van der Waals surface area (Å²) in [6.07, 6.45) is 2.65. The highest BCUT2D eigenvalue weighted by atomic mass is 35.5. The van der Waals surface area contributed by atoms with Crippen molar-refractivity contribution in [3.05, 3.63) is 40.4 Å². The molecule has 0 radical (unpaired) electrons. The molecule has 10 heteroatoms. The second-order valence-corrected chi connectivity index (χ2v) is 11.8. The lowest BCUT2D eigenvalue weighted by atomic mass is 10.0. The number of hydrogen-bond donors (Lipinski definition) is 1. The molecule has 0 bridgehead atoms. The first-order chi connectivity index (χ1) is 14.7. The Morgan fingerprint density at radius 2 is 1.81 bits per heavy atom. The van der Waals surface area contributed by atoms with Gasteiger partial charge >= 0.3 is 0 Å².